The van der Waals surface area contributed by atoms with Gasteiger partial charge in [-0.25, -0.2) is 0 Å². The average Bonchev–Trinajstić information content (AvgIpc) is 2.72. The molecule has 1 aromatic rings. The third-order valence-electron chi connectivity index (χ3n) is 4.31. The highest BCUT2D eigenvalue weighted by molar-refractivity contribution is 7.88. The summed E-state index contributed by atoms with van der Waals surface area (Å²) in [6.45, 7) is -0.734. The molecule has 1 N–H and O–H groups in total. The van der Waals surface area contributed by atoms with E-state index in [1.807, 2.05) is 0 Å². The highest BCUT2D eigenvalue weighted by atomic mass is 32.2. The van der Waals surface area contributed by atoms with Gasteiger partial charge in [0.25, 0.3) is 5.91 Å². The molecule has 0 aromatic heterocycles. The minimum atomic E-state index is -8.31. The number of benzene rings is 1. The van der Waals surface area contributed by atoms with E-state index in [0.717, 1.165) is 11.9 Å². The Hall–Kier alpha value is -2.51. The minimum Gasteiger partial charge on any atom is -0.395 e. The van der Waals surface area contributed by atoms with E-state index in [1.165, 1.54) is 0 Å². The third kappa shape index (κ3) is 4.88. The number of amides is 1. The van der Waals surface area contributed by atoms with Gasteiger partial charge in [-0.05, 0) is 24.3 Å². The summed E-state index contributed by atoms with van der Waals surface area (Å²) in [6, 6.07) is 1.86. The summed E-state index contributed by atoms with van der Waals surface area (Å²) in [5.41, 5.74) is -0.353. The lowest BCUT2D eigenvalue weighted by molar-refractivity contribution is -0.433. The second kappa shape index (κ2) is 9.42. The van der Waals surface area contributed by atoms with E-state index in [9.17, 15) is 70.3 Å². The van der Waals surface area contributed by atoms with Crippen molar-refractivity contribution in [1.29, 1.82) is 0 Å². The summed E-state index contributed by atoms with van der Waals surface area (Å²) in [6.07, 6.45) is -7.65. The molecule has 0 spiro atoms. The molecular formula is C16H12F13NO5S. The number of rotatable bonds is 10. The maximum atomic E-state index is 13.9. The van der Waals surface area contributed by atoms with E-state index >= 15 is 0 Å². The Balaban J connectivity index is 3.40. The first kappa shape index (κ1) is 31.5. The Morgan fingerprint density at radius 2 is 1.22 bits per heavy atom. The summed E-state index contributed by atoms with van der Waals surface area (Å²) in [4.78, 5) is 12.8. The van der Waals surface area contributed by atoms with Gasteiger partial charge in [0.1, 0.15) is 5.75 Å². The summed E-state index contributed by atoms with van der Waals surface area (Å²) in [5, 5.41) is 1.22. The Morgan fingerprint density at radius 1 is 0.806 bits per heavy atom. The fraction of sp³-hybridized carbons (Fsp3) is 0.562. The van der Waals surface area contributed by atoms with Crippen molar-refractivity contribution >= 4 is 16.0 Å². The van der Waals surface area contributed by atoms with Crippen molar-refractivity contribution in [2.75, 3.05) is 20.2 Å². The molecule has 0 fully saturated rings. The summed E-state index contributed by atoms with van der Waals surface area (Å²) >= 11 is 0. The smallest absolute Gasteiger partial charge is 0.395 e. The van der Waals surface area contributed by atoms with Crippen molar-refractivity contribution < 1.29 is 79.6 Å². The maximum absolute atomic E-state index is 13.9. The number of carbonyl (C=O) groups is 1. The van der Waals surface area contributed by atoms with E-state index in [2.05, 4.69) is 4.18 Å². The van der Waals surface area contributed by atoms with Gasteiger partial charge in [0.05, 0.1) is 6.61 Å². The molecule has 208 valence electrons. The fourth-order valence-electron chi connectivity index (χ4n) is 2.22. The molecule has 0 unspecified atom stereocenters. The molecule has 0 heterocycles. The van der Waals surface area contributed by atoms with Gasteiger partial charge in [0.2, 0.25) is 0 Å². The molecule has 0 aliphatic carbocycles. The van der Waals surface area contributed by atoms with Crippen LogP contribution in [0, 0.1) is 0 Å². The van der Waals surface area contributed by atoms with Gasteiger partial charge in [-0.2, -0.15) is 65.5 Å². The van der Waals surface area contributed by atoms with Crippen molar-refractivity contribution in [3.05, 3.63) is 29.8 Å². The molecule has 1 aromatic carbocycles. The van der Waals surface area contributed by atoms with Gasteiger partial charge in [-0.3, -0.25) is 4.79 Å². The normalized spacial score (nSPS) is 14.5. The molecule has 36 heavy (non-hydrogen) atoms. The Morgan fingerprint density at radius 3 is 1.61 bits per heavy atom. The summed E-state index contributed by atoms with van der Waals surface area (Å²) in [7, 11) is -6.34. The number of aliphatic hydroxyl groups excluding tert-OH is 1. The Labute approximate surface area is 192 Å². The molecule has 0 saturated heterocycles. The molecular weight excluding hydrogens is 565 g/mol. The van der Waals surface area contributed by atoms with Gasteiger partial charge in [-0.1, -0.05) is 0 Å². The molecule has 1 amide bonds. The van der Waals surface area contributed by atoms with Gasteiger partial charge in [0, 0.05) is 19.2 Å². The number of aliphatic hydroxyl groups is 1. The maximum Gasteiger partial charge on any atom is 0.460 e. The van der Waals surface area contributed by atoms with Crippen LogP contribution < -0.4 is 4.18 Å². The van der Waals surface area contributed by atoms with Gasteiger partial charge >= 0.3 is 45.2 Å². The van der Waals surface area contributed by atoms with Crippen molar-refractivity contribution in [1.82, 2.24) is 4.90 Å². The van der Waals surface area contributed by atoms with Crippen molar-refractivity contribution in [2.24, 2.45) is 0 Å². The third-order valence-corrected chi connectivity index (χ3v) is 5.60. The topological polar surface area (TPSA) is 83.9 Å². The highest BCUT2D eigenvalue weighted by Crippen LogP contribution is 2.61. The quantitative estimate of drug-likeness (QED) is 0.334. The zero-order chi connectivity index (χ0) is 28.8. The SMILES string of the molecule is CN(CCO)C(=O)c1ccc(OS(=O)(=O)C(F)(F)C(F)(F)C(F)(F)C(F)(F)C(F)(F)C(F)(F)F)cc1. The predicted octanol–water partition coefficient (Wildman–Crippen LogP) is 4.16. The largest absolute Gasteiger partial charge is 0.460 e. The van der Waals surface area contributed by atoms with Crippen LogP contribution in [0.4, 0.5) is 57.1 Å². The number of halogens is 13. The predicted molar refractivity (Wildman–Crippen MR) is 90.8 cm³/mol. The zero-order valence-electron chi connectivity index (χ0n) is 17.1. The molecule has 1 rings (SSSR count). The van der Waals surface area contributed by atoms with Gasteiger partial charge < -0.3 is 14.2 Å². The van der Waals surface area contributed by atoms with Gasteiger partial charge in [0.15, 0.2) is 0 Å². The van der Waals surface area contributed by atoms with Crippen LogP contribution in [0.25, 0.3) is 0 Å². The number of hydrogen-bond donors (Lipinski definition) is 1. The first-order valence-electron chi connectivity index (χ1n) is 8.69. The molecule has 0 aliphatic heterocycles. The van der Waals surface area contributed by atoms with Gasteiger partial charge in [-0.15, -0.1) is 0 Å². The van der Waals surface area contributed by atoms with E-state index in [0.29, 0.717) is 24.3 Å². The van der Waals surface area contributed by atoms with Crippen LogP contribution in [-0.4, -0.2) is 79.7 Å². The van der Waals surface area contributed by atoms with Crippen LogP contribution >= 0.6 is 0 Å². The zero-order valence-corrected chi connectivity index (χ0v) is 17.9. The molecule has 20 heteroatoms. The Kier molecular flexibility index (Phi) is 8.25. The lowest BCUT2D eigenvalue weighted by Crippen LogP contribution is -2.71. The van der Waals surface area contributed by atoms with Crippen molar-refractivity contribution in [3.63, 3.8) is 0 Å². The number of likely N-dealkylation sites (N-methyl/N-ethyl adjacent to an activating group) is 1. The molecule has 0 bridgehead atoms. The monoisotopic (exact) mass is 577 g/mol. The molecule has 0 saturated carbocycles. The van der Waals surface area contributed by atoms with Crippen LogP contribution in [0.3, 0.4) is 0 Å². The second-order valence-electron chi connectivity index (χ2n) is 6.82. The van der Waals surface area contributed by atoms with Crippen LogP contribution in [0.2, 0.25) is 0 Å². The highest BCUT2D eigenvalue weighted by Gasteiger charge is 2.93. The lowest BCUT2D eigenvalue weighted by atomic mass is 9.98. The number of alkyl halides is 13. The summed E-state index contributed by atoms with van der Waals surface area (Å²) < 4.78 is 197. The number of hydrogen-bond acceptors (Lipinski definition) is 5. The van der Waals surface area contributed by atoms with E-state index in [4.69, 9.17) is 5.11 Å². The first-order chi connectivity index (χ1) is 15.8. The standard InChI is InChI=1S/C16H12F13NO5S/c1-30(6-7-31)10(32)8-2-4-9(5-3-8)35-36(33,34)16(28,29)14(23,24)12(19,20)11(17,18)13(21,22)15(25,26)27/h2-5,31H,6-7H2,1H3. The second-order valence-corrected chi connectivity index (χ2v) is 8.41. The van der Waals surface area contributed by atoms with Crippen LogP contribution in [-0.2, 0) is 10.1 Å². The van der Waals surface area contributed by atoms with E-state index in [-0.39, 0.29) is 12.1 Å². The van der Waals surface area contributed by atoms with E-state index < -0.39 is 63.5 Å². The van der Waals surface area contributed by atoms with Crippen LogP contribution in [0.1, 0.15) is 10.4 Å². The fourth-order valence-corrected chi connectivity index (χ4v) is 3.13. The lowest BCUT2D eigenvalue weighted by Gasteiger charge is -2.38. The molecule has 6 nitrogen and oxygen atoms in total. The molecule has 0 radical (unpaired) electrons. The number of nitrogens with zero attached hydrogens (tertiary/aromatic N) is 1. The average molecular weight is 577 g/mol. The first-order valence-corrected chi connectivity index (χ1v) is 10.1. The summed E-state index contributed by atoms with van der Waals surface area (Å²) in [5.74, 6) is -35.0. The molecule has 0 aliphatic rings. The van der Waals surface area contributed by atoms with Crippen molar-refractivity contribution in [2.45, 2.75) is 35.1 Å². The minimum absolute atomic E-state index is 0.223. The van der Waals surface area contributed by atoms with Crippen LogP contribution in [0.15, 0.2) is 24.3 Å². The molecule has 0 atom stereocenters. The van der Waals surface area contributed by atoms with Crippen molar-refractivity contribution in [3.8, 4) is 5.75 Å². The number of carbonyl (C=O) groups excluding carboxylic acids is 1. The van der Waals surface area contributed by atoms with E-state index in [1.54, 1.807) is 0 Å². The van der Waals surface area contributed by atoms with Crippen LogP contribution in [0.5, 0.6) is 5.75 Å². The Bertz CT molecular complexity index is 1060.